The molecule has 0 amide bonds. The summed E-state index contributed by atoms with van der Waals surface area (Å²) in [6, 6.07) is 5.33. The third kappa shape index (κ3) is 3.32. The van der Waals surface area contributed by atoms with Crippen LogP contribution in [0, 0.1) is 0 Å². The maximum absolute atomic E-state index is 6.10. The van der Waals surface area contributed by atoms with Crippen LogP contribution in [0.25, 0.3) is 0 Å². The Labute approximate surface area is 130 Å². The fraction of sp³-hybridized carbons (Fsp3) is 0.231. The summed E-state index contributed by atoms with van der Waals surface area (Å²) in [5, 5.41) is 3.57. The number of halogens is 2. The maximum atomic E-state index is 6.10. The van der Waals surface area contributed by atoms with Crippen molar-refractivity contribution in [1.82, 2.24) is 9.97 Å². The van der Waals surface area contributed by atoms with Crippen molar-refractivity contribution >= 4 is 33.3 Å². The molecule has 20 heavy (non-hydrogen) atoms. The largest absolute Gasteiger partial charge is 0.489 e. The van der Waals surface area contributed by atoms with Gasteiger partial charge in [-0.1, -0.05) is 27.5 Å². The lowest BCUT2D eigenvalue weighted by Crippen LogP contribution is -2.04. The lowest BCUT2D eigenvalue weighted by Gasteiger charge is -2.13. The van der Waals surface area contributed by atoms with Crippen molar-refractivity contribution in [3.05, 3.63) is 34.0 Å². The first-order chi connectivity index (χ1) is 9.65. The highest BCUT2D eigenvalue weighted by atomic mass is 79.9. The van der Waals surface area contributed by atoms with Crippen LogP contribution in [0.2, 0.25) is 5.02 Å². The van der Waals surface area contributed by atoms with E-state index in [0.29, 0.717) is 34.8 Å². The van der Waals surface area contributed by atoms with E-state index in [9.17, 15) is 0 Å². The molecule has 0 bridgehead atoms. The summed E-state index contributed by atoms with van der Waals surface area (Å²) in [5.41, 5.74) is 0. The number of rotatable bonds is 5. The first-order valence-electron chi connectivity index (χ1n) is 5.91. The SMILES string of the molecule is CCNc1ncnc(Oc2cc(Br)ccc2Cl)c1OC. The number of nitrogens with one attached hydrogen (secondary N) is 1. The van der Waals surface area contributed by atoms with Gasteiger partial charge in [-0.05, 0) is 25.1 Å². The van der Waals surface area contributed by atoms with E-state index < -0.39 is 0 Å². The van der Waals surface area contributed by atoms with Crippen LogP contribution >= 0.6 is 27.5 Å². The summed E-state index contributed by atoms with van der Waals surface area (Å²) in [7, 11) is 1.54. The molecule has 0 radical (unpaired) electrons. The molecule has 0 saturated carbocycles. The highest BCUT2D eigenvalue weighted by Gasteiger charge is 2.15. The number of anilines is 1. The third-order valence-electron chi connectivity index (χ3n) is 2.42. The second-order valence-corrected chi connectivity index (χ2v) is 5.09. The van der Waals surface area contributed by atoms with Gasteiger partial charge in [-0.2, -0.15) is 4.98 Å². The van der Waals surface area contributed by atoms with Crippen LogP contribution in [0.15, 0.2) is 29.0 Å². The van der Waals surface area contributed by atoms with Crippen molar-refractivity contribution in [1.29, 1.82) is 0 Å². The van der Waals surface area contributed by atoms with E-state index in [1.165, 1.54) is 13.4 Å². The van der Waals surface area contributed by atoms with Crippen LogP contribution in [0.5, 0.6) is 17.4 Å². The van der Waals surface area contributed by atoms with E-state index in [-0.39, 0.29) is 0 Å². The van der Waals surface area contributed by atoms with Gasteiger partial charge in [0.15, 0.2) is 5.82 Å². The average molecular weight is 359 g/mol. The number of benzene rings is 1. The summed E-state index contributed by atoms with van der Waals surface area (Å²) in [6.45, 7) is 2.68. The molecule has 0 aliphatic rings. The molecule has 0 aliphatic heterocycles. The van der Waals surface area contributed by atoms with Crippen LogP contribution < -0.4 is 14.8 Å². The van der Waals surface area contributed by atoms with Crippen molar-refractivity contribution in [2.24, 2.45) is 0 Å². The van der Waals surface area contributed by atoms with Gasteiger partial charge in [0.05, 0.1) is 12.1 Å². The quantitative estimate of drug-likeness (QED) is 0.871. The van der Waals surface area contributed by atoms with Crippen molar-refractivity contribution in [3.63, 3.8) is 0 Å². The van der Waals surface area contributed by atoms with E-state index in [0.717, 1.165) is 4.47 Å². The Morgan fingerprint density at radius 3 is 2.85 bits per heavy atom. The molecule has 0 atom stereocenters. The normalized spacial score (nSPS) is 10.2. The standard InChI is InChI=1S/C13H13BrClN3O2/c1-3-16-12-11(19-2)13(18-7-17-12)20-10-6-8(14)4-5-9(10)15/h4-7H,3H2,1-2H3,(H,16,17,18). The van der Waals surface area contributed by atoms with E-state index >= 15 is 0 Å². The molecule has 2 rings (SSSR count). The first kappa shape index (κ1) is 14.9. The Balaban J connectivity index is 2.37. The molecule has 5 nitrogen and oxygen atoms in total. The predicted octanol–water partition coefficient (Wildman–Crippen LogP) is 4.13. The maximum Gasteiger partial charge on any atom is 0.268 e. The summed E-state index contributed by atoms with van der Waals surface area (Å²) in [6.07, 6.45) is 1.40. The van der Waals surface area contributed by atoms with Crippen molar-refractivity contribution in [2.45, 2.75) is 6.92 Å². The monoisotopic (exact) mass is 357 g/mol. The molecule has 106 valence electrons. The van der Waals surface area contributed by atoms with Gasteiger partial charge in [-0.25, -0.2) is 4.98 Å². The molecule has 1 N–H and O–H groups in total. The van der Waals surface area contributed by atoms with Gasteiger partial charge < -0.3 is 14.8 Å². The fourth-order valence-electron chi connectivity index (χ4n) is 1.57. The van der Waals surface area contributed by atoms with Crippen LogP contribution in [-0.2, 0) is 0 Å². The lowest BCUT2D eigenvalue weighted by molar-refractivity contribution is 0.369. The summed E-state index contributed by atoms with van der Waals surface area (Å²) >= 11 is 9.47. The summed E-state index contributed by atoms with van der Waals surface area (Å²) in [4.78, 5) is 8.20. The number of aromatic nitrogens is 2. The van der Waals surface area contributed by atoms with Crippen molar-refractivity contribution in [3.8, 4) is 17.4 Å². The smallest absolute Gasteiger partial charge is 0.268 e. The molecule has 0 aliphatic carbocycles. The number of nitrogens with zero attached hydrogens (tertiary/aromatic N) is 2. The second-order valence-electron chi connectivity index (χ2n) is 3.77. The molecular formula is C13H13BrClN3O2. The van der Waals surface area contributed by atoms with Gasteiger partial charge in [0.1, 0.15) is 12.1 Å². The number of ether oxygens (including phenoxy) is 2. The molecule has 1 heterocycles. The molecule has 2 aromatic rings. The number of hydrogen-bond acceptors (Lipinski definition) is 5. The Bertz CT molecular complexity index is 610. The predicted molar refractivity (Wildman–Crippen MR) is 82.0 cm³/mol. The van der Waals surface area contributed by atoms with E-state index in [1.54, 1.807) is 12.1 Å². The van der Waals surface area contributed by atoms with E-state index in [2.05, 4.69) is 31.2 Å². The Morgan fingerprint density at radius 2 is 2.15 bits per heavy atom. The van der Waals surface area contributed by atoms with Gasteiger partial charge in [-0.3, -0.25) is 0 Å². The van der Waals surface area contributed by atoms with Gasteiger partial charge >= 0.3 is 0 Å². The number of methoxy groups -OCH3 is 1. The second kappa shape index (κ2) is 6.76. The number of hydrogen-bond donors (Lipinski definition) is 1. The van der Waals surface area contributed by atoms with Gasteiger partial charge in [0.2, 0.25) is 5.75 Å². The molecule has 0 fully saturated rings. The highest BCUT2D eigenvalue weighted by Crippen LogP contribution is 2.37. The van der Waals surface area contributed by atoms with Crippen LogP contribution in [0.3, 0.4) is 0 Å². The van der Waals surface area contributed by atoms with Gasteiger partial charge in [0.25, 0.3) is 5.88 Å². The van der Waals surface area contributed by atoms with Gasteiger partial charge in [-0.15, -0.1) is 0 Å². The summed E-state index contributed by atoms with van der Waals surface area (Å²) < 4.78 is 11.9. The average Bonchev–Trinajstić information content (AvgIpc) is 2.43. The fourth-order valence-corrected chi connectivity index (χ4v) is 2.06. The van der Waals surface area contributed by atoms with E-state index in [4.69, 9.17) is 21.1 Å². The minimum absolute atomic E-state index is 0.304. The molecule has 7 heteroatoms. The van der Waals surface area contributed by atoms with Crippen LogP contribution in [-0.4, -0.2) is 23.6 Å². The highest BCUT2D eigenvalue weighted by molar-refractivity contribution is 9.10. The van der Waals surface area contributed by atoms with Crippen molar-refractivity contribution in [2.75, 3.05) is 19.0 Å². The Hall–Kier alpha value is -1.53. The zero-order chi connectivity index (χ0) is 14.5. The van der Waals surface area contributed by atoms with Crippen molar-refractivity contribution < 1.29 is 9.47 Å². The molecule has 1 aromatic carbocycles. The topological polar surface area (TPSA) is 56.3 Å². The molecule has 0 spiro atoms. The third-order valence-corrected chi connectivity index (χ3v) is 3.22. The Morgan fingerprint density at radius 1 is 1.35 bits per heavy atom. The Kier molecular flexibility index (Phi) is 5.03. The van der Waals surface area contributed by atoms with Crippen LogP contribution in [0.1, 0.15) is 6.92 Å². The van der Waals surface area contributed by atoms with Gasteiger partial charge in [0, 0.05) is 11.0 Å². The van der Waals surface area contributed by atoms with Crippen LogP contribution in [0.4, 0.5) is 5.82 Å². The van der Waals surface area contributed by atoms with E-state index in [1.807, 2.05) is 13.0 Å². The minimum Gasteiger partial charge on any atom is -0.489 e. The molecule has 0 saturated heterocycles. The molecule has 0 unspecified atom stereocenters. The zero-order valence-corrected chi connectivity index (χ0v) is 13.3. The minimum atomic E-state index is 0.304. The molecular weight excluding hydrogens is 346 g/mol. The molecule has 1 aromatic heterocycles. The lowest BCUT2D eigenvalue weighted by atomic mass is 10.3. The zero-order valence-electron chi connectivity index (χ0n) is 11.0. The summed E-state index contributed by atoms with van der Waals surface area (Å²) in [5.74, 6) is 1.80. The first-order valence-corrected chi connectivity index (χ1v) is 7.08.